The van der Waals surface area contributed by atoms with Crippen LogP contribution in [-0.4, -0.2) is 71.3 Å². The van der Waals surface area contributed by atoms with Gasteiger partial charge in [-0.25, -0.2) is 9.78 Å². The molecule has 9 heteroatoms. The van der Waals surface area contributed by atoms with Crippen molar-refractivity contribution in [3.8, 4) is 11.5 Å². The Morgan fingerprint density at radius 2 is 1.89 bits per heavy atom. The van der Waals surface area contributed by atoms with E-state index in [1.54, 1.807) is 37.4 Å². The fraction of sp³-hybridized carbons (Fsp3) is 0.333. The van der Waals surface area contributed by atoms with Gasteiger partial charge in [0.15, 0.2) is 0 Å². The molecule has 3 heterocycles. The molecule has 0 atom stereocenters. The van der Waals surface area contributed by atoms with Crippen molar-refractivity contribution in [3.05, 3.63) is 36.5 Å². The highest BCUT2D eigenvalue weighted by Crippen LogP contribution is 2.32. The first-order valence-corrected chi connectivity index (χ1v) is 8.64. The average Bonchev–Trinajstić information content (AvgIpc) is 3.17. The number of hydrogen-bond acceptors (Lipinski definition) is 7. The molecule has 27 heavy (non-hydrogen) atoms. The first-order valence-electron chi connectivity index (χ1n) is 8.64. The molecule has 1 fully saturated rings. The van der Waals surface area contributed by atoms with Gasteiger partial charge in [-0.15, -0.1) is 5.10 Å². The lowest BCUT2D eigenvalue weighted by atomic mass is 10.2. The van der Waals surface area contributed by atoms with E-state index in [2.05, 4.69) is 20.2 Å². The van der Waals surface area contributed by atoms with E-state index < -0.39 is 0 Å². The Hall–Kier alpha value is -3.36. The highest BCUT2D eigenvalue weighted by atomic mass is 16.5. The van der Waals surface area contributed by atoms with Crippen LogP contribution in [0.3, 0.4) is 0 Å². The molecule has 1 aliphatic rings. The molecule has 0 saturated carbocycles. The lowest BCUT2D eigenvalue weighted by Gasteiger charge is -2.36. The number of amides is 1. The Bertz CT molecular complexity index is 965. The number of piperazine rings is 1. The number of methoxy groups -OCH3 is 2. The van der Waals surface area contributed by atoms with E-state index in [0.29, 0.717) is 37.3 Å². The van der Waals surface area contributed by atoms with Crippen LogP contribution in [-0.2, 0) is 0 Å². The molecule has 0 spiro atoms. The van der Waals surface area contributed by atoms with E-state index in [9.17, 15) is 4.79 Å². The highest BCUT2D eigenvalue weighted by Gasteiger charge is 2.25. The third kappa shape index (κ3) is 3.12. The van der Waals surface area contributed by atoms with Gasteiger partial charge in [0.1, 0.15) is 17.0 Å². The summed E-state index contributed by atoms with van der Waals surface area (Å²) in [5, 5.41) is 7.91. The van der Waals surface area contributed by atoms with Crippen LogP contribution in [0.1, 0.15) is 0 Å². The van der Waals surface area contributed by atoms with Gasteiger partial charge >= 0.3 is 6.03 Å². The molecule has 140 valence electrons. The van der Waals surface area contributed by atoms with Gasteiger partial charge in [0.25, 0.3) is 0 Å². The molecule has 1 amide bonds. The van der Waals surface area contributed by atoms with Crippen LogP contribution >= 0.6 is 0 Å². The molecule has 0 radical (unpaired) electrons. The van der Waals surface area contributed by atoms with Crippen LogP contribution in [0.25, 0.3) is 11.2 Å². The van der Waals surface area contributed by atoms with Crippen LogP contribution in [0.4, 0.5) is 10.5 Å². The molecule has 2 aromatic heterocycles. The third-order valence-corrected chi connectivity index (χ3v) is 4.68. The Balaban J connectivity index is 1.48. The van der Waals surface area contributed by atoms with E-state index >= 15 is 0 Å². The van der Waals surface area contributed by atoms with Crippen LogP contribution < -0.4 is 14.4 Å². The van der Waals surface area contributed by atoms with E-state index in [-0.39, 0.29) is 6.03 Å². The Kier molecular flexibility index (Phi) is 4.49. The number of hydrogen-bond donors (Lipinski definition) is 0. The van der Waals surface area contributed by atoms with Crippen LogP contribution in [0.2, 0.25) is 0 Å². The van der Waals surface area contributed by atoms with Gasteiger partial charge in [0.2, 0.25) is 5.65 Å². The molecule has 0 aliphatic carbocycles. The SMILES string of the molecule is COc1ccc(N2CCN(C(=O)n3nnc4ncccc43)CC2)c(OC)c1. The number of aromatic nitrogens is 4. The van der Waals surface area contributed by atoms with E-state index in [1.165, 1.54) is 4.68 Å². The number of nitrogens with zero attached hydrogens (tertiary/aromatic N) is 6. The van der Waals surface area contributed by atoms with Crippen molar-refractivity contribution in [2.24, 2.45) is 0 Å². The summed E-state index contributed by atoms with van der Waals surface area (Å²) < 4.78 is 12.1. The Morgan fingerprint density at radius 1 is 1.07 bits per heavy atom. The minimum Gasteiger partial charge on any atom is -0.497 e. The molecule has 0 bridgehead atoms. The third-order valence-electron chi connectivity index (χ3n) is 4.68. The second-order valence-corrected chi connectivity index (χ2v) is 6.14. The van der Waals surface area contributed by atoms with Gasteiger partial charge in [0, 0.05) is 38.4 Å². The van der Waals surface area contributed by atoms with Crippen LogP contribution in [0.15, 0.2) is 36.5 Å². The molecule has 9 nitrogen and oxygen atoms in total. The summed E-state index contributed by atoms with van der Waals surface area (Å²) in [5.74, 6) is 1.50. The van der Waals surface area contributed by atoms with Gasteiger partial charge in [-0.2, -0.15) is 4.68 Å². The second kappa shape index (κ2) is 7.10. The van der Waals surface area contributed by atoms with E-state index in [1.807, 2.05) is 18.2 Å². The topological polar surface area (TPSA) is 85.6 Å². The number of fused-ring (bicyclic) bond motifs is 1. The molecule has 4 rings (SSSR count). The second-order valence-electron chi connectivity index (χ2n) is 6.14. The average molecular weight is 368 g/mol. The number of ether oxygens (including phenoxy) is 2. The maximum absolute atomic E-state index is 12.8. The molecule has 0 N–H and O–H groups in total. The number of carbonyl (C=O) groups excluding carboxylic acids is 1. The van der Waals surface area contributed by atoms with E-state index in [4.69, 9.17) is 9.47 Å². The summed E-state index contributed by atoms with van der Waals surface area (Å²) in [5.41, 5.74) is 2.06. The summed E-state index contributed by atoms with van der Waals surface area (Å²) in [6.45, 7) is 2.55. The van der Waals surface area contributed by atoms with Gasteiger partial charge < -0.3 is 19.3 Å². The normalized spacial score (nSPS) is 14.4. The van der Waals surface area contributed by atoms with Gasteiger partial charge in [-0.1, -0.05) is 5.21 Å². The minimum absolute atomic E-state index is 0.188. The van der Waals surface area contributed by atoms with Crippen molar-refractivity contribution in [1.29, 1.82) is 0 Å². The number of carbonyl (C=O) groups is 1. The van der Waals surface area contributed by atoms with Crippen molar-refractivity contribution in [2.45, 2.75) is 0 Å². The summed E-state index contributed by atoms with van der Waals surface area (Å²) in [6.07, 6.45) is 1.63. The summed E-state index contributed by atoms with van der Waals surface area (Å²) in [4.78, 5) is 20.9. The lowest BCUT2D eigenvalue weighted by Crippen LogP contribution is -2.50. The van der Waals surface area contributed by atoms with Gasteiger partial charge in [-0.05, 0) is 24.3 Å². The van der Waals surface area contributed by atoms with Crippen molar-refractivity contribution in [1.82, 2.24) is 24.9 Å². The number of anilines is 1. The van der Waals surface area contributed by atoms with Crippen molar-refractivity contribution in [3.63, 3.8) is 0 Å². The fourth-order valence-electron chi connectivity index (χ4n) is 3.23. The molecule has 0 unspecified atom stereocenters. The minimum atomic E-state index is -0.188. The zero-order valence-corrected chi connectivity index (χ0v) is 15.2. The maximum atomic E-state index is 12.8. The lowest BCUT2D eigenvalue weighted by molar-refractivity contribution is 0.193. The first-order chi connectivity index (χ1) is 13.2. The number of pyridine rings is 1. The fourth-order valence-corrected chi connectivity index (χ4v) is 3.23. The summed E-state index contributed by atoms with van der Waals surface area (Å²) in [7, 11) is 3.27. The maximum Gasteiger partial charge on any atom is 0.346 e. The van der Waals surface area contributed by atoms with Crippen LogP contribution in [0.5, 0.6) is 11.5 Å². The highest BCUT2D eigenvalue weighted by molar-refractivity contribution is 5.86. The largest absolute Gasteiger partial charge is 0.497 e. The Labute approximate surface area is 156 Å². The predicted molar refractivity (Wildman–Crippen MR) is 99.4 cm³/mol. The quantitative estimate of drug-likeness (QED) is 0.694. The van der Waals surface area contributed by atoms with Crippen LogP contribution in [0, 0.1) is 0 Å². The molecular weight excluding hydrogens is 348 g/mol. The molecule has 3 aromatic rings. The molecule has 1 saturated heterocycles. The summed E-state index contributed by atoms with van der Waals surface area (Å²) in [6, 6.07) is 9.12. The Morgan fingerprint density at radius 3 is 2.63 bits per heavy atom. The zero-order chi connectivity index (χ0) is 18.8. The summed E-state index contributed by atoms with van der Waals surface area (Å²) >= 11 is 0. The van der Waals surface area contributed by atoms with E-state index in [0.717, 1.165) is 17.2 Å². The molecule has 1 aliphatic heterocycles. The standard InChI is InChI=1S/C18H20N6O3/c1-26-13-5-6-14(16(12-13)27-2)22-8-10-23(11-9-22)18(25)24-15-4-3-7-19-17(15)20-21-24/h3-7,12H,8-11H2,1-2H3. The van der Waals surface area contributed by atoms with Crippen molar-refractivity contribution < 1.29 is 14.3 Å². The zero-order valence-electron chi connectivity index (χ0n) is 15.2. The number of rotatable bonds is 3. The predicted octanol–water partition coefficient (Wildman–Crippen LogP) is 1.63. The van der Waals surface area contributed by atoms with Crippen molar-refractivity contribution in [2.75, 3.05) is 45.3 Å². The van der Waals surface area contributed by atoms with Gasteiger partial charge in [0.05, 0.1) is 19.9 Å². The molecule has 1 aromatic carbocycles. The monoisotopic (exact) mass is 368 g/mol. The van der Waals surface area contributed by atoms with Crippen molar-refractivity contribution >= 4 is 22.9 Å². The van der Waals surface area contributed by atoms with Gasteiger partial charge in [-0.3, -0.25) is 0 Å². The smallest absolute Gasteiger partial charge is 0.346 e. The first kappa shape index (κ1) is 17.1. The molecular formula is C18H20N6O3. The number of benzene rings is 1.